The van der Waals surface area contributed by atoms with Crippen LogP contribution in [0.25, 0.3) is 0 Å². The third-order valence-corrected chi connectivity index (χ3v) is 3.91. The van der Waals surface area contributed by atoms with Crippen molar-refractivity contribution in [2.24, 2.45) is 5.92 Å². The number of anilines is 1. The Kier molecular flexibility index (Phi) is 7.68. The van der Waals surface area contributed by atoms with E-state index in [2.05, 4.69) is 20.9 Å². The van der Waals surface area contributed by atoms with Gasteiger partial charge in [-0.2, -0.15) is 0 Å². The molecule has 2 rings (SSSR count). The lowest BCUT2D eigenvalue weighted by Crippen LogP contribution is -2.36. The highest BCUT2D eigenvalue weighted by Crippen LogP contribution is 2.20. The first-order valence-electron chi connectivity index (χ1n) is 6.66. The first kappa shape index (κ1) is 19.6. The second kappa shape index (κ2) is 9.01. The van der Waals surface area contributed by atoms with E-state index in [0.717, 1.165) is 0 Å². The third kappa shape index (κ3) is 5.30. The van der Waals surface area contributed by atoms with Gasteiger partial charge in [0.05, 0.1) is 5.56 Å². The topological polar surface area (TPSA) is 50.3 Å². The number of carbonyl (C=O) groups is 2. The summed E-state index contributed by atoms with van der Waals surface area (Å²) in [6.45, 7) is 1.90. The van der Waals surface area contributed by atoms with Crippen LogP contribution < -0.4 is 4.90 Å². The van der Waals surface area contributed by atoms with Crippen LogP contribution in [0.2, 0.25) is 0 Å². The molecule has 0 N–H and O–H groups in total. The van der Waals surface area contributed by atoms with E-state index < -0.39 is 11.2 Å². The maximum absolute atomic E-state index is 12.8. The van der Waals surface area contributed by atoms with Crippen molar-refractivity contribution in [3.63, 3.8) is 0 Å². The fourth-order valence-electron chi connectivity index (χ4n) is 1.94. The summed E-state index contributed by atoms with van der Waals surface area (Å²) in [6.07, 6.45) is 3.10. The molecule has 0 saturated heterocycles. The lowest BCUT2D eigenvalue weighted by Gasteiger charge is -2.25. The maximum atomic E-state index is 12.8. The third-order valence-electron chi connectivity index (χ3n) is 3.11. The van der Waals surface area contributed by atoms with Gasteiger partial charge in [0.25, 0.3) is 5.91 Å². The Hall–Kier alpha value is -1.43. The van der Waals surface area contributed by atoms with Crippen molar-refractivity contribution in [2.75, 3.05) is 11.4 Å². The van der Waals surface area contributed by atoms with Crippen molar-refractivity contribution < 1.29 is 9.59 Å². The summed E-state index contributed by atoms with van der Waals surface area (Å²) in [5.41, 5.74) is 1.14. The molecule has 0 spiro atoms. The van der Waals surface area contributed by atoms with Crippen LogP contribution in [0.3, 0.4) is 0 Å². The molecule has 1 unspecified atom stereocenters. The molecule has 0 aliphatic heterocycles. The van der Waals surface area contributed by atoms with E-state index in [1.165, 1.54) is 11.1 Å². The number of rotatable bonds is 5. The summed E-state index contributed by atoms with van der Waals surface area (Å²) in [5, 5.41) is -0.471. The molecule has 1 aromatic carbocycles. The highest BCUT2D eigenvalue weighted by molar-refractivity contribution is 9.10. The standard InChI is InChI=1S/C16H14BrClN2O2.ClH/c1-11(15(18)21)10-20(14-5-3-2-4-6-14)16(22)12-7-13(17)9-19-8-12;/h2-9,11H,10H2,1H3;1H. The summed E-state index contributed by atoms with van der Waals surface area (Å²) in [5.74, 6) is -0.698. The molecule has 7 heteroatoms. The minimum Gasteiger partial charge on any atom is -0.308 e. The molecular weight excluding hydrogens is 403 g/mol. The number of para-hydroxylation sites is 1. The van der Waals surface area contributed by atoms with Gasteiger partial charge in [-0.15, -0.1) is 12.4 Å². The summed E-state index contributed by atoms with van der Waals surface area (Å²) in [7, 11) is 0. The largest absolute Gasteiger partial charge is 0.308 e. The Labute approximate surface area is 154 Å². The molecule has 122 valence electrons. The molecule has 0 radical (unpaired) electrons. The Bertz CT molecular complexity index is 683. The van der Waals surface area contributed by atoms with Crippen LogP contribution in [0.15, 0.2) is 53.3 Å². The maximum Gasteiger partial charge on any atom is 0.259 e. The van der Waals surface area contributed by atoms with E-state index in [0.29, 0.717) is 15.7 Å². The van der Waals surface area contributed by atoms with Gasteiger partial charge in [0.1, 0.15) is 0 Å². The number of pyridine rings is 1. The summed E-state index contributed by atoms with van der Waals surface area (Å²) in [4.78, 5) is 29.6. The van der Waals surface area contributed by atoms with Crippen LogP contribution in [-0.2, 0) is 4.79 Å². The number of aromatic nitrogens is 1. The minimum atomic E-state index is -0.471. The molecule has 0 aliphatic carbocycles. The highest BCUT2D eigenvalue weighted by Gasteiger charge is 2.23. The van der Waals surface area contributed by atoms with Crippen molar-refractivity contribution >= 4 is 56.8 Å². The zero-order valence-electron chi connectivity index (χ0n) is 12.3. The van der Waals surface area contributed by atoms with Gasteiger partial charge in [-0.1, -0.05) is 25.1 Å². The molecule has 1 amide bonds. The normalized spacial score (nSPS) is 11.3. The van der Waals surface area contributed by atoms with Crippen molar-refractivity contribution in [1.82, 2.24) is 4.98 Å². The fourth-order valence-corrected chi connectivity index (χ4v) is 2.38. The first-order valence-corrected chi connectivity index (χ1v) is 7.83. The fraction of sp³-hybridized carbons (Fsp3) is 0.188. The number of hydrogen-bond acceptors (Lipinski definition) is 3. The molecule has 1 atom stereocenters. The summed E-state index contributed by atoms with van der Waals surface area (Å²) < 4.78 is 0.716. The van der Waals surface area contributed by atoms with Crippen LogP contribution >= 0.6 is 39.9 Å². The van der Waals surface area contributed by atoms with E-state index >= 15 is 0 Å². The molecule has 1 heterocycles. The van der Waals surface area contributed by atoms with Gasteiger partial charge in [-0.25, -0.2) is 0 Å². The van der Waals surface area contributed by atoms with Gasteiger partial charge in [-0.05, 0) is 45.7 Å². The van der Waals surface area contributed by atoms with Crippen LogP contribution in [0.4, 0.5) is 5.69 Å². The zero-order chi connectivity index (χ0) is 16.1. The van der Waals surface area contributed by atoms with Crippen LogP contribution in [0.1, 0.15) is 17.3 Å². The number of hydrogen-bond donors (Lipinski definition) is 0. The second-order valence-electron chi connectivity index (χ2n) is 4.85. The zero-order valence-corrected chi connectivity index (χ0v) is 15.4. The van der Waals surface area contributed by atoms with Crippen molar-refractivity contribution in [3.05, 3.63) is 58.8 Å². The molecular formula is C16H15BrCl2N2O2. The van der Waals surface area contributed by atoms with Crippen molar-refractivity contribution in [3.8, 4) is 0 Å². The molecule has 0 aliphatic rings. The Morgan fingerprint density at radius 3 is 2.48 bits per heavy atom. The first-order chi connectivity index (χ1) is 10.5. The van der Waals surface area contributed by atoms with Crippen LogP contribution in [0.5, 0.6) is 0 Å². The van der Waals surface area contributed by atoms with E-state index in [9.17, 15) is 9.59 Å². The number of halogens is 3. The molecule has 4 nitrogen and oxygen atoms in total. The SMILES string of the molecule is CC(CN(C(=O)c1cncc(Br)c1)c1ccccc1)C(=O)Cl.Cl. The molecule has 1 aromatic heterocycles. The van der Waals surface area contributed by atoms with Crippen LogP contribution in [0, 0.1) is 5.92 Å². The minimum absolute atomic E-state index is 0. The molecule has 0 saturated carbocycles. The number of benzene rings is 1. The van der Waals surface area contributed by atoms with E-state index in [-0.39, 0.29) is 24.9 Å². The van der Waals surface area contributed by atoms with Crippen molar-refractivity contribution in [1.29, 1.82) is 0 Å². The number of amides is 1. The van der Waals surface area contributed by atoms with E-state index in [4.69, 9.17) is 11.6 Å². The van der Waals surface area contributed by atoms with Gasteiger partial charge in [-0.3, -0.25) is 14.6 Å². The molecule has 0 bridgehead atoms. The Morgan fingerprint density at radius 1 is 1.26 bits per heavy atom. The average molecular weight is 418 g/mol. The quantitative estimate of drug-likeness (QED) is 0.681. The van der Waals surface area contributed by atoms with Crippen LogP contribution in [-0.4, -0.2) is 22.7 Å². The van der Waals surface area contributed by atoms with Gasteiger partial charge in [0.15, 0.2) is 0 Å². The molecule has 0 fully saturated rings. The van der Waals surface area contributed by atoms with Crippen molar-refractivity contribution in [2.45, 2.75) is 6.92 Å². The van der Waals surface area contributed by atoms with E-state index in [1.54, 1.807) is 19.2 Å². The second-order valence-corrected chi connectivity index (χ2v) is 6.14. The average Bonchev–Trinajstić information content (AvgIpc) is 2.52. The van der Waals surface area contributed by atoms with Gasteiger partial charge >= 0.3 is 0 Å². The summed E-state index contributed by atoms with van der Waals surface area (Å²) in [6, 6.07) is 10.9. The van der Waals surface area contributed by atoms with Gasteiger partial charge < -0.3 is 4.90 Å². The summed E-state index contributed by atoms with van der Waals surface area (Å²) >= 11 is 8.84. The molecule has 2 aromatic rings. The lowest BCUT2D eigenvalue weighted by atomic mass is 10.1. The van der Waals surface area contributed by atoms with Gasteiger partial charge in [0, 0.05) is 35.0 Å². The Morgan fingerprint density at radius 2 is 1.91 bits per heavy atom. The predicted molar refractivity (Wildman–Crippen MR) is 97.3 cm³/mol. The smallest absolute Gasteiger partial charge is 0.259 e. The van der Waals surface area contributed by atoms with E-state index in [1.807, 2.05) is 30.3 Å². The monoisotopic (exact) mass is 416 g/mol. The highest BCUT2D eigenvalue weighted by atomic mass is 79.9. The lowest BCUT2D eigenvalue weighted by molar-refractivity contribution is -0.114. The van der Waals surface area contributed by atoms with Gasteiger partial charge in [0.2, 0.25) is 5.24 Å². The number of carbonyl (C=O) groups excluding carboxylic acids is 2. The molecule has 23 heavy (non-hydrogen) atoms. The Balaban J connectivity index is 0.00000264. The predicted octanol–water partition coefficient (Wildman–Crippen LogP) is 4.31. The number of nitrogens with zero attached hydrogens (tertiary/aromatic N) is 2.